The summed E-state index contributed by atoms with van der Waals surface area (Å²) in [6, 6.07) is 9.32. The quantitative estimate of drug-likeness (QED) is 0.911. The van der Waals surface area contributed by atoms with E-state index in [0.717, 1.165) is 35.8 Å². The fourth-order valence-corrected chi connectivity index (χ4v) is 2.41. The lowest BCUT2D eigenvalue weighted by Gasteiger charge is -2.26. The first-order valence-electron chi connectivity index (χ1n) is 6.98. The zero-order valence-corrected chi connectivity index (χ0v) is 12.5. The number of hydrogen-bond acceptors (Lipinski definition) is 4. The molecule has 2 heterocycles. The highest BCUT2D eigenvalue weighted by atomic mass is 35.5. The number of benzene rings is 1. The fourth-order valence-electron chi connectivity index (χ4n) is 2.24. The number of aliphatic imine (C=N–C) groups is 1. The van der Waals surface area contributed by atoms with Crippen molar-refractivity contribution in [2.75, 3.05) is 5.32 Å². The second-order valence-electron chi connectivity index (χ2n) is 4.87. The van der Waals surface area contributed by atoms with E-state index in [-0.39, 0.29) is 6.10 Å². The van der Waals surface area contributed by atoms with E-state index in [1.165, 1.54) is 0 Å². The zero-order valence-electron chi connectivity index (χ0n) is 11.7. The predicted molar refractivity (Wildman–Crippen MR) is 85.7 cm³/mol. The van der Waals surface area contributed by atoms with Gasteiger partial charge in [-0.3, -0.25) is 4.98 Å². The Balaban J connectivity index is 1.93. The molecule has 0 aliphatic carbocycles. The van der Waals surface area contributed by atoms with Crippen LogP contribution >= 0.6 is 11.6 Å². The van der Waals surface area contributed by atoms with Crippen molar-refractivity contribution in [1.29, 1.82) is 0 Å². The summed E-state index contributed by atoms with van der Waals surface area (Å²) in [6.45, 7) is 2.13. The summed E-state index contributed by atoms with van der Waals surface area (Å²) in [5, 5.41) is 3.94. The van der Waals surface area contributed by atoms with Crippen LogP contribution in [0.15, 0.2) is 47.7 Å². The van der Waals surface area contributed by atoms with Crippen molar-refractivity contribution in [2.45, 2.75) is 25.9 Å². The number of ether oxygens (including phenoxy) is 1. The normalized spacial score (nSPS) is 16.7. The molecule has 0 bridgehead atoms. The molecular weight excluding hydrogens is 286 g/mol. The van der Waals surface area contributed by atoms with Gasteiger partial charge in [-0.15, -0.1) is 0 Å². The standard InChI is InChI=1S/C16H16ClN3O/c1-2-4-15-16(19-12-5-3-8-18-10-12)20-13-9-11(17)6-7-14(13)21-15/h3,5-10,15H,2,4H2,1H3,(H,19,20)/t15-/m0/s1. The third-order valence-corrected chi connectivity index (χ3v) is 3.46. The highest BCUT2D eigenvalue weighted by molar-refractivity contribution is 6.31. The summed E-state index contributed by atoms with van der Waals surface area (Å²) in [7, 11) is 0. The molecule has 1 aliphatic heterocycles. The zero-order chi connectivity index (χ0) is 14.7. The van der Waals surface area contributed by atoms with Gasteiger partial charge in [-0.2, -0.15) is 0 Å². The van der Waals surface area contributed by atoms with E-state index >= 15 is 0 Å². The lowest BCUT2D eigenvalue weighted by atomic mass is 10.1. The Bertz CT molecular complexity index is 658. The molecule has 0 saturated heterocycles. The topological polar surface area (TPSA) is 46.5 Å². The van der Waals surface area contributed by atoms with E-state index in [9.17, 15) is 0 Å². The summed E-state index contributed by atoms with van der Waals surface area (Å²) in [5.74, 6) is 1.56. The van der Waals surface area contributed by atoms with Crippen LogP contribution in [0.2, 0.25) is 5.02 Å². The summed E-state index contributed by atoms with van der Waals surface area (Å²) < 4.78 is 6.04. The first kappa shape index (κ1) is 13.9. The predicted octanol–water partition coefficient (Wildman–Crippen LogP) is 4.44. The molecule has 0 radical (unpaired) electrons. The number of fused-ring (bicyclic) bond motifs is 1. The molecule has 0 fully saturated rings. The van der Waals surface area contributed by atoms with Crippen molar-refractivity contribution < 1.29 is 4.74 Å². The molecule has 1 atom stereocenters. The molecule has 1 aromatic carbocycles. The van der Waals surface area contributed by atoms with E-state index < -0.39 is 0 Å². The van der Waals surface area contributed by atoms with Gasteiger partial charge in [0.25, 0.3) is 0 Å². The van der Waals surface area contributed by atoms with Gasteiger partial charge in [0.1, 0.15) is 17.3 Å². The molecule has 3 rings (SSSR count). The molecule has 1 aliphatic rings. The van der Waals surface area contributed by atoms with Gasteiger partial charge in [0.2, 0.25) is 0 Å². The number of anilines is 1. The second-order valence-corrected chi connectivity index (χ2v) is 5.31. The number of aromatic nitrogens is 1. The molecule has 2 aromatic rings. The van der Waals surface area contributed by atoms with Gasteiger partial charge in [0.15, 0.2) is 6.10 Å². The first-order chi connectivity index (χ1) is 10.3. The van der Waals surface area contributed by atoms with Crippen molar-refractivity contribution in [2.24, 2.45) is 4.99 Å². The number of pyridine rings is 1. The lowest BCUT2D eigenvalue weighted by Crippen LogP contribution is -2.35. The Kier molecular flexibility index (Phi) is 4.06. The van der Waals surface area contributed by atoms with Gasteiger partial charge in [-0.05, 0) is 36.8 Å². The average Bonchev–Trinajstić information content (AvgIpc) is 2.49. The minimum atomic E-state index is -0.0797. The number of hydrogen-bond donors (Lipinski definition) is 1. The maximum absolute atomic E-state index is 6.04. The Hall–Kier alpha value is -2.07. The van der Waals surface area contributed by atoms with E-state index in [2.05, 4.69) is 22.2 Å². The van der Waals surface area contributed by atoms with E-state index in [1.807, 2.05) is 30.3 Å². The summed E-state index contributed by atoms with van der Waals surface area (Å²) in [5.41, 5.74) is 1.65. The molecule has 0 spiro atoms. The van der Waals surface area contributed by atoms with E-state index in [4.69, 9.17) is 16.3 Å². The number of amidine groups is 1. The van der Waals surface area contributed by atoms with Crippen LogP contribution in [0.25, 0.3) is 0 Å². The van der Waals surface area contributed by atoms with Crippen LogP contribution in [0.4, 0.5) is 11.4 Å². The Morgan fingerprint density at radius 1 is 1.33 bits per heavy atom. The highest BCUT2D eigenvalue weighted by Crippen LogP contribution is 2.35. The SMILES string of the molecule is CCC[C@@H]1Oc2ccc(Cl)cc2N=C1Nc1cccnc1. The van der Waals surface area contributed by atoms with Crippen LogP contribution in [0.5, 0.6) is 5.75 Å². The summed E-state index contributed by atoms with van der Waals surface area (Å²) in [4.78, 5) is 8.77. The highest BCUT2D eigenvalue weighted by Gasteiger charge is 2.24. The molecule has 4 nitrogen and oxygen atoms in total. The maximum Gasteiger partial charge on any atom is 0.156 e. The molecule has 1 N–H and O–H groups in total. The third kappa shape index (κ3) is 3.16. The van der Waals surface area contributed by atoms with Crippen LogP contribution in [-0.4, -0.2) is 16.9 Å². The smallest absolute Gasteiger partial charge is 0.156 e. The van der Waals surface area contributed by atoms with Crippen LogP contribution in [-0.2, 0) is 0 Å². The lowest BCUT2D eigenvalue weighted by molar-refractivity contribution is 0.251. The molecule has 1 aromatic heterocycles. The van der Waals surface area contributed by atoms with Gasteiger partial charge >= 0.3 is 0 Å². The number of rotatable bonds is 3. The molecule has 5 heteroatoms. The monoisotopic (exact) mass is 301 g/mol. The van der Waals surface area contributed by atoms with Crippen molar-refractivity contribution in [3.63, 3.8) is 0 Å². The van der Waals surface area contributed by atoms with E-state index in [1.54, 1.807) is 12.4 Å². The number of nitrogens with zero attached hydrogens (tertiary/aromatic N) is 2. The van der Waals surface area contributed by atoms with Crippen molar-refractivity contribution >= 4 is 28.8 Å². The third-order valence-electron chi connectivity index (χ3n) is 3.22. The second kappa shape index (κ2) is 6.14. The molecule has 0 amide bonds. The largest absolute Gasteiger partial charge is 0.480 e. The van der Waals surface area contributed by atoms with Gasteiger partial charge in [-0.25, -0.2) is 4.99 Å². The van der Waals surface area contributed by atoms with Crippen molar-refractivity contribution in [1.82, 2.24) is 4.98 Å². The van der Waals surface area contributed by atoms with Crippen LogP contribution in [0.1, 0.15) is 19.8 Å². The average molecular weight is 302 g/mol. The van der Waals surface area contributed by atoms with Crippen LogP contribution in [0, 0.1) is 0 Å². The van der Waals surface area contributed by atoms with Crippen LogP contribution in [0.3, 0.4) is 0 Å². The Morgan fingerprint density at radius 3 is 3.00 bits per heavy atom. The number of halogens is 1. The van der Waals surface area contributed by atoms with Gasteiger partial charge < -0.3 is 10.1 Å². The minimum absolute atomic E-state index is 0.0797. The Morgan fingerprint density at radius 2 is 2.24 bits per heavy atom. The summed E-state index contributed by atoms with van der Waals surface area (Å²) >= 11 is 6.03. The molecule has 108 valence electrons. The summed E-state index contributed by atoms with van der Waals surface area (Å²) in [6.07, 6.45) is 5.33. The molecule has 21 heavy (non-hydrogen) atoms. The van der Waals surface area contributed by atoms with Crippen LogP contribution < -0.4 is 10.1 Å². The minimum Gasteiger partial charge on any atom is -0.480 e. The molecule has 0 saturated carbocycles. The van der Waals surface area contributed by atoms with E-state index in [0.29, 0.717) is 5.02 Å². The van der Waals surface area contributed by atoms with Crippen molar-refractivity contribution in [3.8, 4) is 5.75 Å². The van der Waals surface area contributed by atoms with Crippen molar-refractivity contribution in [3.05, 3.63) is 47.7 Å². The maximum atomic E-state index is 6.04. The van der Waals surface area contributed by atoms with Gasteiger partial charge in [0.05, 0.1) is 11.9 Å². The fraction of sp³-hybridized carbons (Fsp3) is 0.250. The molecule has 0 unspecified atom stereocenters. The first-order valence-corrected chi connectivity index (χ1v) is 7.36. The van der Waals surface area contributed by atoms with Gasteiger partial charge in [-0.1, -0.05) is 24.9 Å². The molecular formula is C16H16ClN3O. The number of nitrogens with one attached hydrogen (secondary N) is 1. The Labute approximate surface area is 128 Å². The van der Waals surface area contributed by atoms with Gasteiger partial charge in [0, 0.05) is 11.2 Å².